The van der Waals surface area contributed by atoms with Crippen LogP contribution in [0.15, 0.2) is 53.4 Å². The molecule has 1 aliphatic carbocycles. The molecular weight excluding hydrogens is 600 g/mol. The molecule has 1 atom stereocenters. The van der Waals surface area contributed by atoms with Crippen molar-refractivity contribution in [3.05, 3.63) is 65.5 Å². The molecule has 230 valence electrons. The van der Waals surface area contributed by atoms with Crippen molar-refractivity contribution in [1.29, 1.82) is 0 Å². The maximum absolute atomic E-state index is 14.6. The van der Waals surface area contributed by atoms with Gasteiger partial charge in [0, 0.05) is 30.5 Å². The van der Waals surface area contributed by atoms with Crippen LogP contribution in [0.5, 0.6) is 0 Å². The van der Waals surface area contributed by atoms with Crippen molar-refractivity contribution in [1.82, 2.24) is 4.90 Å². The van der Waals surface area contributed by atoms with E-state index in [1.807, 2.05) is 0 Å². The molecule has 1 heterocycles. The summed E-state index contributed by atoms with van der Waals surface area (Å²) in [6.07, 6.45) is -11.7. The highest BCUT2D eigenvalue weighted by molar-refractivity contribution is 7.92. The van der Waals surface area contributed by atoms with Crippen LogP contribution in [-0.2, 0) is 29.8 Å². The number of alkyl halides is 7. The predicted molar refractivity (Wildman–Crippen MR) is 132 cm³/mol. The van der Waals surface area contributed by atoms with Crippen LogP contribution < -0.4 is 5.73 Å². The third-order valence-electron chi connectivity index (χ3n) is 8.25. The van der Waals surface area contributed by atoms with Crippen LogP contribution in [-0.4, -0.2) is 50.6 Å². The molecular formula is C27H26F8N2O4S. The Morgan fingerprint density at radius 3 is 1.79 bits per heavy atom. The first-order valence-corrected chi connectivity index (χ1v) is 14.3. The highest BCUT2D eigenvalue weighted by atomic mass is 32.2. The third kappa shape index (κ3) is 5.24. The molecule has 0 bridgehead atoms. The Bertz CT molecular complexity index is 1420. The van der Waals surface area contributed by atoms with Crippen molar-refractivity contribution in [3.8, 4) is 0 Å². The summed E-state index contributed by atoms with van der Waals surface area (Å²) in [5.41, 5.74) is -2.45. The van der Waals surface area contributed by atoms with Gasteiger partial charge in [-0.1, -0.05) is 24.3 Å². The Morgan fingerprint density at radius 1 is 0.810 bits per heavy atom. The second-order valence-electron chi connectivity index (χ2n) is 10.6. The normalized spacial score (nSPS) is 24.0. The summed E-state index contributed by atoms with van der Waals surface area (Å²) in [5, 5.41) is 0. The lowest BCUT2D eigenvalue weighted by molar-refractivity contribution is -0.348. The number of halogens is 8. The number of hydrogen-bond acceptors (Lipinski definition) is 4. The topological polar surface area (TPSA) is 97.5 Å². The predicted octanol–water partition coefficient (Wildman–Crippen LogP) is 5.31. The number of likely N-dealkylation sites (tertiary alicyclic amines) is 1. The number of carbonyl (C=O) groups is 2. The lowest BCUT2D eigenvalue weighted by Crippen LogP contribution is -2.50. The van der Waals surface area contributed by atoms with Gasteiger partial charge in [0.25, 0.3) is 0 Å². The average Bonchev–Trinajstić information content (AvgIpc) is 3.39. The number of nitrogens with two attached hydrogens (primary N) is 1. The van der Waals surface area contributed by atoms with Crippen molar-refractivity contribution < 1.29 is 53.1 Å². The molecule has 0 spiro atoms. The van der Waals surface area contributed by atoms with Gasteiger partial charge in [0.2, 0.25) is 11.8 Å². The zero-order valence-electron chi connectivity index (χ0n) is 21.8. The van der Waals surface area contributed by atoms with Crippen LogP contribution in [0.25, 0.3) is 0 Å². The third-order valence-corrected chi connectivity index (χ3v) is 10.7. The largest absolute Gasteiger partial charge is 0.435 e. The van der Waals surface area contributed by atoms with Crippen LogP contribution in [0, 0.1) is 17.7 Å². The molecule has 1 saturated heterocycles. The molecule has 2 aliphatic rings. The number of benzene rings is 2. The van der Waals surface area contributed by atoms with E-state index in [0.29, 0.717) is 37.8 Å². The zero-order valence-corrected chi connectivity index (χ0v) is 22.6. The first-order chi connectivity index (χ1) is 19.3. The van der Waals surface area contributed by atoms with Gasteiger partial charge in [-0.15, -0.1) is 0 Å². The van der Waals surface area contributed by atoms with Crippen molar-refractivity contribution in [3.63, 3.8) is 0 Å². The molecule has 1 aliphatic heterocycles. The molecule has 6 nitrogen and oxygen atoms in total. The summed E-state index contributed by atoms with van der Waals surface area (Å²) in [4.78, 5) is 25.7. The number of amides is 2. The fraction of sp³-hybridized carbons (Fsp3) is 0.481. The second kappa shape index (κ2) is 10.8. The summed E-state index contributed by atoms with van der Waals surface area (Å²) in [6, 6.07) is 5.45. The van der Waals surface area contributed by atoms with Crippen LogP contribution in [0.3, 0.4) is 0 Å². The number of nitrogens with zero attached hydrogens (tertiary/aromatic N) is 1. The molecule has 4 rings (SSSR count). The Hall–Kier alpha value is -3.23. The molecule has 2 aromatic carbocycles. The van der Waals surface area contributed by atoms with Crippen molar-refractivity contribution in [2.45, 2.75) is 59.8 Å². The molecule has 0 unspecified atom stereocenters. The first kappa shape index (κ1) is 31.7. The molecule has 1 saturated carbocycles. The van der Waals surface area contributed by atoms with Gasteiger partial charge in [0.15, 0.2) is 9.84 Å². The van der Waals surface area contributed by atoms with E-state index in [1.54, 1.807) is 0 Å². The van der Waals surface area contributed by atoms with Gasteiger partial charge in [-0.3, -0.25) is 9.59 Å². The minimum Gasteiger partial charge on any atom is -0.369 e. The van der Waals surface area contributed by atoms with Crippen LogP contribution in [0.1, 0.15) is 43.2 Å². The summed E-state index contributed by atoms with van der Waals surface area (Å²) >= 11 is 0. The van der Waals surface area contributed by atoms with Crippen molar-refractivity contribution >= 4 is 21.7 Å². The van der Waals surface area contributed by atoms with E-state index in [4.69, 9.17) is 5.73 Å². The standard InChI is InChI=1S/C27H26F8N2O4S/c28-20-9-11-21(12-10-20)42(40,41)24(13-14-37(15-24)23(39)17-3-1-16(2-4-17)22(36)38)18-5-7-19(8-6-18)25(29,26(30,31)32)27(33,34)35/h5-12,16-17H,1-4,13-15H2,(H2,36,38)/t16?,17?,24-/m0/s1. The van der Waals surface area contributed by atoms with Gasteiger partial charge in [-0.25, -0.2) is 17.2 Å². The van der Waals surface area contributed by atoms with Crippen LogP contribution in [0.4, 0.5) is 35.1 Å². The lowest BCUT2D eigenvalue weighted by atomic mass is 9.81. The summed E-state index contributed by atoms with van der Waals surface area (Å²) in [6.45, 7) is -0.644. The molecule has 0 radical (unpaired) electrons. The molecule has 2 aromatic rings. The lowest BCUT2D eigenvalue weighted by Gasteiger charge is -2.33. The number of hydrogen-bond donors (Lipinski definition) is 1. The SMILES string of the molecule is NC(=O)C1CCC(C(=O)N2CC[C@](c3ccc(C(F)(C(F)(F)F)C(F)(F)F)cc3)(S(=O)(=O)c3ccc(F)cc3)C2)CC1. The number of carbonyl (C=O) groups excluding carboxylic acids is 2. The van der Waals surface area contributed by atoms with Crippen LogP contribution >= 0.6 is 0 Å². The Kier molecular flexibility index (Phi) is 8.15. The van der Waals surface area contributed by atoms with Gasteiger partial charge >= 0.3 is 18.0 Å². The van der Waals surface area contributed by atoms with Gasteiger partial charge < -0.3 is 10.6 Å². The first-order valence-electron chi connectivity index (χ1n) is 12.9. The van der Waals surface area contributed by atoms with Gasteiger partial charge in [-0.05, 0) is 61.9 Å². The van der Waals surface area contributed by atoms with Crippen LogP contribution in [0.2, 0.25) is 0 Å². The van der Waals surface area contributed by atoms with E-state index in [2.05, 4.69) is 0 Å². The van der Waals surface area contributed by atoms with E-state index >= 15 is 0 Å². The smallest absolute Gasteiger partial charge is 0.369 e. The van der Waals surface area contributed by atoms with Crippen molar-refractivity contribution in [2.75, 3.05) is 13.1 Å². The maximum Gasteiger partial charge on any atom is 0.435 e. The minimum atomic E-state index is -6.37. The fourth-order valence-corrected chi connectivity index (χ4v) is 7.87. The molecule has 15 heteroatoms. The van der Waals surface area contributed by atoms with Crippen molar-refractivity contribution in [2.24, 2.45) is 17.6 Å². The van der Waals surface area contributed by atoms with E-state index in [1.165, 1.54) is 4.90 Å². The summed E-state index contributed by atoms with van der Waals surface area (Å²) in [7, 11) is -4.55. The van der Waals surface area contributed by atoms with E-state index in [0.717, 1.165) is 24.3 Å². The van der Waals surface area contributed by atoms with Gasteiger partial charge in [0.05, 0.1) is 4.90 Å². The Balaban J connectivity index is 1.74. The van der Waals surface area contributed by atoms with E-state index < -0.39 is 79.1 Å². The second-order valence-corrected chi connectivity index (χ2v) is 12.9. The average molecular weight is 627 g/mol. The van der Waals surface area contributed by atoms with Gasteiger partial charge in [0.1, 0.15) is 10.6 Å². The number of primary amides is 1. The minimum absolute atomic E-state index is 0.130. The summed E-state index contributed by atoms with van der Waals surface area (Å²) < 4.78 is 134. The maximum atomic E-state index is 14.6. The van der Waals surface area contributed by atoms with E-state index in [9.17, 15) is 53.1 Å². The molecule has 2 fully saturated rings. The number of sulfone groups is 1. The quantitative estimate of drug-likeness (QED) is 0.347. The highest BCUT2D eigenvalue weighted by Crippen LogP contribution is 2.54. The van der Waals surface area contributed by atoms with E-state index in [-0.39, 0.29) is 30.7 Å². The Labute approximate surface area is 235 Å². The zero-order chi connectivity index (χ0) is 31.3. The highest BCUT2D eigenvalue weighted by Gasteiger charge is 2.73. The monoisotopic (exact) mass is 626 g/mol. The molecule has 42 heavy (non-hydrogen) atoms. The Morgan fingerprint density at radius 2 is 1.31 bits per heavy atom. The number of rotatable bonds is 6. The molecule has 2 amide bonds. The fourth-order valence-electron chi connectivity index (χ4n) is 5.79. The van der Waals surface area contributed by atoms with Gasteiger partial charge in [-0.2, -0.15) is 26.3 Å². The summed E-state index contributed by atoms with van der Waals surface area (Å²) in [5.74, 6) is -2.65. The molecule has 0 aromatic heterocycles. The molecule has 2 N–H and O–H groups in total.